The van der Waals surface area contributed by atoms with Gasteiger partial charge in [0.2, 0.25) is 5.91 Å². The molecule has 2 aliphatic rings. The van der Waals surface area contributed by atoms with Crippen LogP contribution in [0.4, 0.5) is 0 Å². The molecule has 4 rings (SSSR count). The van der Waals surface area contributed by atoms with Gasteiger partial charge in [-0.25, -0.2) is 0 Å². The summed E-state index contributed by atoms with van der Waals surface area (Å²) in [6.45, 7) is 7.33. The third kappa shape index (κ3) is 4.61. The van der Waals surface area contributed by atoms with Gasteiger partial charge in [-0.2, -0.15) is 5.10 Å². The Balaban J connectivity index is 1.44. The highest BCUT2D eigenvalue weighted by atomic mass is 35.5. The van der Waals surface area contributed by atoms with Crippen molar-refractivity contribution in [3.8, 4) is 0 Å². The minimum absolute atomic E-state index is 0.0235. The summed E-state index contributed by atoms with van der Waals surface area (Å²) in [4.78, 5) is 14.7. The third-order valence-electron chi connectivity index (χ3n) is 5.91. The van der Waals surface area contributed by atoms with Crippen LogP contribution in [0.2, 0.25) is 5.02 Å². The second kappa shape index (κ2) is 9.33. The van der Waals surface area contributed by atoms with Gasteiger partial charge in [0, 0.05) is 41.4 Å². The fraction of sp³-hybridized carbons (Fsp3) is 0.478. The van der Waals surface area contributed by atoms with Crippen LogP contribution in [-0.2, 0) is 20.8 Å². The molecule has 0 saturated carbocycles. The highest BCUT2D eigenvalue weighted by molar-refractivity contribution is 6.31. The van der Waals surface area contributed by atoms with Crippen molar-refractivity contribution in [1.29, 1.82) is 0 Å². The van der Waals surface area contributed by atoms with Crippen LogP contribution >= 0.6 is 11.6 Å². The summed E-state index contributed by atoms with van der Waals surface area (Å²) in [7, 11) is 0. The Labute approximate surface area is 182 Å². The number of carbonyl (C=O) groups is 1. The van der Waals surface area contributed by atoms with Crippen LogP contribution in [0.25, 0.3) is 6.08 Å². The number of ether oxygens (including phenoxy) is 2. The van der Waals surface area contributed by atoms with Gasteiger partial charge in [-0.1, -0.05) is 29.8 Å². The number of hydrogen-bond acceptors (Lipinski definition) is 4. The first kappa shape index (κ1) is 21.1. The Morgan fingerprint density at radius 1 is 1.27 bits per heavy atom. The Morgan fingerprint density at radius 2 is 2.03 bits per heavy atom. The minimum atomic E-state index is -0.169. The van der Waals surface area contributed by atoms with Crippen LogP contribution in [0.3, 0.4) is 0 Å². The average molecular weight is 430 g/mol. The number of nitrogens with zero attached hydrogens (tertiary/aromatic N) is 3. The maximum absolute atomic E-state index is 12.8. The zero-order valence-corrected chi connectivity index (χ0v) is 18.3. The predicted molar refractivity (Wildman–Crippen MR) is 116 cm³/mol. The molecular weight excluding hydrogens is 402 g/mol. The Morgan fingerprint density at radius 3 is 2.80 bits per heavy atom. The van der Waals surface area contributed by atoms with E-state index in [0.29, 0.717) is 26.3 Å². The van der Waals surface area contributed by atoms with Crippen molar-refractivity contribution in [3.63, 3.8) is 0 Å². The number of hydrogen-bond donors (Lipinski definition) is 0. The van der Waals surface area contributed by atoms with Gasteiger partial charge in [0.05, 0.1) is 25.5 Å². The zero-order valence-electron chi connectivity index (χ0n) is 17.5. The quantitative estimate of drug-likeness (QED) is 0.678. The Hall–Kier alpha value is -2.15. The van der Waals surface area contributed by atoms with Crippen molar-refractivity contribution in [1.82, 2.24) is 14.7 Å². The molecule has 1 amide bonds. The van der Waals surface area contributed by atoms with Gasteiger partial charge in [0.1, 0.15) is 0 Å². The molecule has 1 aromatic heterocycles. The summed E-state index contributed by atoms with van der Waals surface area (Å²) in [5.74, 6) is 0.274. The van der Waals surface area contributed by atoms with Gasteiger partial charge < -0.3 is 14.4 Å². The number of aromatic nitrogens is 2. The number of amides is 1. The topological polar surface area (TPSA) is 56.6 Å². The molecule has 1 atom stereocenters. The van der Waals surface area contributed by atoms with Gasteiger partial charge in [-0.15, -0.1) is 0 Å². The number of piperidine rings is 1. The standard InChI is InChI=1S/C23H28ClN3O3/c1-16-20(17(2)27(25-16)15-18-6-3-4-8-21(18)24)9-10-22(28)26-11-5-7-19(14-26)23-29-12-13-30-23/h3-4,6,8-10,19,23H,5,7,11-15H2,1-2H3/b10-9+. The number of halogens is 1. The van der Waals surface area contributed by atoms with Gasteiger partial charge in [0.25, 0.3) is 0 Å². The fourth-order valence-corrected chi connectivity index (χ4v) is 4.43. The van der Waals surface area contributed by atoms with E-state index in [1.165, 1.54) is 0 Å². The summed E-state index contributed by atoms with van der Waals surface area (Å²) in [5.41, 5.74) is 3.91. The van der Waals surface area contributed by atoms with Crippen LogP contribution < -0.4 is 0 Å². The lowest BCUT2D eigenvalue weighted by molar-refractivity contribution is -0.134. The van der Waals surface area contributed by atoms with Crippen LogP contribution in [0.5, 0.6) is 0 Å². The third-order valence-corrected chi connectivity index (χ3v) is 6.28. The molecule has 3 heterocycles. The lowest BCUT2D eigenvalue weighted by atomic mass is 9.97. The van der Waals surface area contributed by atoms with Gasteiger partial charge in [0.15, 0.2) is 6.29 Å². The normalized spacial score (nSPS) is 20.4. The number of carbonyl (C=O) groups excluding carboxylic acids is 1. The van der Waals surface area contributed by atoms with Crippen molar-refractivity contribution in [3.05, 3.63) is 57.9 Å². The molecule has 160 valence electrons. The molecule has 1 unspecified atom stereocenters. The first-order valence-corrected chi connectivity index (χ1v) is 10.9. The van der Waals surface area contributed by atoms with E-state index in [0.717, 1.165) is 46.9 Å². The second-order valence-electron chi connectivity index (χ2n) is 7.96. The van der Waals surface area contributed by atoms with Crippen LogP contribution in [-0.4, -0.2) is 53.2 Å². The molecule has 0 spiro atoms. The summed E-state index contributed by atoms with van der Waals surface area (Å²) in [6, 6.07) is 7.78. The van der Waals surface area contributed by atoms with Crippen LogP contribution in [0, 0.1) is 19.8 Å². The van der Waals surface area contributed by atoms with Crippen molar-refractivity contribution >= 4 is 23.6 Å². The molecular formula is C23H28ClN3O3. The van der Waals surface area contributed by atoms with Crippen molar-refractivity contribution in [2.24, 2.45) is 5.92 Å². The van der Waals surface area contributed by atoms with Gasteiger partial charge in [-0.3, -0.25) is 9.48 Å². The molecule has 1 aromatic carbocycles. The lowest BCUT2D eigenvalue weighted by Crippen LogP contribution is -2.43. The largest absolute Gasteiger partial charge is 0.350 e. The smallest absolute Gasteiger partial charge is 0.246 e. The monoisotopic (exact) mass is 429 g/mol. The molecule has 2 fully saturated rings. The van der Waals surface area contributed by atoms with Crippen molar-refractivity contribution < 1.29 is 14.3 Å². The second-order valence-corrected chi connectivity index (χ2v) is 8.37. The van der Waals surface area contributed by atoms with E-state index in [2.05, 4.69) is 5.10 Å². The zero-order chi connectivity index (χ0) is 21.1. The summed E-state index contributed by atoms with van der Waals surface area (Å²) < 4.78 is 13.2. The van der Waals surface area contributed by atoms with Crippen LogP contribution in [0.1, 0.15) is 35.4 Å². The lowest BCUT2D eigenvalue weighted by Gasteiger charge is -2.34. The average Bonchev–Trinajstić information content (AvgIpc) is 3.37. The highest BCUT2D eigenvalue weighted by Crippen LogP contribution is 2.25. The van der Waals surface area contributed by atoms with Crippen molar-refractivity contribution in [2.45, 2.75) is 39.5 Å². The van der Waals surface area contributed by atoms with E-state index in [-0.39, 0.29) is 18.1 Å². The van der Waals surface area contributed by atoms with E-state index >= 15 is 0 Å². The minimum Gasteiger partial charge on any atom is -0.350 e. The van der Waals surface area contributed by atoms with Crippen molar-refractivity contribution in [2.75, 3.05) is 26.3 Å². The molecule has 2 aromatic rings. The molecule has 30 heavy (non-hydrogen) atoms. The van der Waals surface area contributed by atoms with E-state index in [1.54, 1.807) is 6.08 Å². The first-order valence-electron chi connectivity index (χ1n) is 10.5. The van der Waals surface area contributed by atoms with E-state index in [1.807, 2.05) is 53.8 Å². The van der Waals surface area contributed by atoms with Gasteiger partial charge >= 0.3 is 0 Å². The Bertz CT molecular complexity index is 934. The maximum atomic E-state index is 12.8. The highest BCUT2D eigenvalue weighted by Gasteiger charge is 2.32. The van der Waals surface area contributed by atoms with E-state index in [9.17, 15) is 4.79 Å². The van der Waals surface area contributed by atoms with Crippen LogP contribution in [0.15, 0.2) is 30.3 Å². The SMILES string of the molecule is Cc1nn(Cc2ccccc2Cl)c(C)c1/C=C/C(=O)N1CCCC(C2OCCO2)C1. The molecule has 7 heteroatoms. The number of benzene rings is 1. The molecule has 0 aliphatic carbocycles. The summed E-state index contributed by atoms with van der Waals surface area (Å²) >= 11 is 6.30. The fourth-order valence-electron chi connectivity index (χ4n) is 4.24. The number of likely N-dealkylation sites (tertiary alicyclic amines) is 1. The molecule has 0 radical (unpaired) electrons. The number of aryl methyl sites for hydroxylation is 1. The molecule has 0 bridgehead atoms. The summed E-state index contributed by atoms with van der Waals surface area (Å²) in [5, 5.41) is 5.38. The maximum Gasteiger partial charge on any atom is 0.246 e. The first-order chi connectivity index (χ1) is 14.5. The summed E-state index contributed by atoms with van der Waals surface area (Å²) in [6.07, 6.45) is 5.38. The molecule has 2 aliphatic heterocycles. The van der Waals surface area contributed by atoms with Gasteiger partial charge in [-0.05, 0) is 44.4 Å². The molecule has 2 saturated heterocycles. The molecule has 0 N–H and O–H groups in total. The van der Waals surface area contributed by atoms with E-state index in [4.69, 9.17) is 21.1 Å². The Kier molecular flexibility index (Phi) is 6.56. The van der Waals surface area contributed by atoms with E-state index < -0.39 is 0 Å². The number of rotatable bonds is 5. The predicted octanol–water partition coefficient (Wildman–Crippen LogP) is 3.83. The molecule has 6 nitrogen and oxygen atoms in total.